The lowest BCUT2D eigenvalue weighted by atomic mass is 9.97. The third-order valence-corrected chi connectivity index (χ3v) is 4.55. The number of piperazine rings is 1. The van der Waals surface area contributed by atoms with Crippen LogP contribution >= 0.6 is 0 Å². The van der Waals surface area contributed by atoms with E-state index < -0.39 is 6.09 Å². The van der Waals surface area contributed by atoms with E-state index in [-0.39, 0.29) is 6.04 Å². The zero-order valence-electron chi connectivity index (χ0n) is 10.1. The highest BCUT2D eigenvalue weighted by Gasteiger charge is 2.45. The van der Waals surface area contributed by atoms with Crippen LogP contribution < -0.4 is 5.32 Å². The van der Waals surface area contributed by atoms with Gasteiger partial charge in [-0.3, -0.25) is 4.90 Å². The first-order valence-electron chi connectivity index (χ1n) is 6.68. The molecule has 3 aliphatic heterocycles. The Morgan fingerprint density at radius 2 is 2.00 bits per heavy atom. The third-order valence-electron chi connectivity index (χ3n) is 4.55. The molecule has 3 saturated heterocycles. The molecule has 0 aromatic carbocycles. The maximum atomic E-state index is 11.0. The number of likely N-dealkylation sites (tertiary alicyclic amines) is 2. The van der Waals surface area contributed by atoms with Crippen LogP contribution in [0.15, 0.2) is 0 Å². The molecule has 0 unspecified atom stereocenters. The van der Waals surface area contributed by atoms with Crippen molar-refractivity contribution in [1.29, 1.82) is 0 Å². The molecule has 3 aliphatic rings. The van der Waals surface area contributed by atoms with E-state index in [1.165, 1.54) is 19.4 Å². The molecule has 96 valence electrons. The molecule has 3 fully saturated rings. The topological polar surface area (TPSA) is 55.8 Å². The third kappa shape index (κ3) is 2.13. The summed E-state index contributed by atoms with van der Waals surface area (Å²) in [6.07, 6.45) is 2.86. The van der Waals surface area contributed by atoms with E-state index in [9.17, 15) is 4.79 Å². The Morgan fingerprint density at radius 1 is 1.24 bits per heavy atom. The molecule has 5 heteroatoms. The monoisotopic (exact) mass is 239 g/mol. The van der Waals surface area contributed by atoms with Crippen molar-refractivity contribution in [2.45, 2.75) is 31.3 Å². The second-order valence-corrected chi connectivity index (χ2v) is 5.63. The summed E-state index contributed by atoms with van der Waals surface area (Å²) in [7, 11) is 0. The van der Waals surface area contributed by atoms with Gasteiger partial charge in [-0.2, -0.15) is 0 Å². The van der Waals surface area contributed by atoms with Gasteiger partial charge in [-0.25, -0.2) is 4.79 Å². The van der Waals surface area contributed by atoms with Gasteiger partial charge in [-0.15, -0.1) is 0 Å². The molecular formula is C12H21N3O2. The Balaban J connectivity index is 1.53. The lowest BCUT2D eigenvalue weighted by Gasteiger charge is -2.35. The molecular weight excluding hydrogens is 218 g/mol. The Bertz CT molecular complexity index is 304. The van der Waals surface area contributed by atoms with Crippen molar-refractivity contribution in [3.05, 3.63) is 0 Å². The molecule has 0 aliphatic carbocycles. The normalized spacial score (nSPS) is 34.5. The first-order chi connectivity index (χ1) is 8.24. The number of piperidine rings is 1. The second kappa shape index (κ2) is 4.46. The Hall–Kier alpha value is -0.810. The number of amides is 1. The van der Waals surface area contributed by atoms with Crippen LogP contribution in [0.3, 0.4) is 0 Å². The van der Waals surface area contributed by atoms with Crippen molar-refractivity contribution in [1.82, 2.24) is 15.1 Å². The molecule has 0 radical (unpaired) electrons. The van der Waals surface area contributed by atoms with Gasteiger partial charge in [-0.05, 0) is 38.3 Å². The molecule has 17 heavy (non-hydrogen) atoms. The summed E-state index contributed by atoms with van der Waals surface area (Å²) >= 11 is 0. The second-order valence-electron chi connectivity index (χ2n) is 5.63. The molecule has 0 spiro atoms. The lowest BCUT2D eigenvalue weighted by Crippen LogP contribution is -2.50. The van der Waals surface area contributed by atoms with Crippen LogP contribution in [-0.4, -0.2) is 65.8 Å². The summed E-state index contributed by atoms with van der Waals surface area (Å²) in [6, 6.07) is 0.755. The molecule has 2 atom stereocenters. The summed E-state index contributed by atoms with van der Waals surface area (Å²) < 4.78 is 0. The zero-order valence-corrected chi connectivity index (χ0v) is 10.1. The smallest absolute Gasteiger partial charge is 0.407 e. The molecule has 0 aromatic rings. The van der Waals surface area contributed by atoms with E-state index in [0.29, 0.717) is 6.04 Å². The number of carbonyl (C=O) groups is 1. The summed E-state index contributed by atoms with van der Waals surface area (Å²) in [5.74, 6) is 0.814. The van der Waals surface area contributed by atoms with Crippen molar-refractivity contribution in [2.24, 2.45) is 5.92 Å². The van der Waals surface area contributed by atoms with Crippen molar-refractivity contribution in [3.63, 3.8) is 0 Å². The van der Waals surface area contributed by atoms with Gasteiger partial charge in [0.25, 0.3) is 0 Å². The maximum absolute atomic E-state index is 11.0. The zero-order chi connectivity index (χ0) is 11.8. The highest BCUT2D eigenvalue weighted by atomic mass is 16.4. The number of hydrogen-bond donors (Lipinski definition) is 2. The van der Waals surface area contributed by atoms with Gasteiger partial charge in [0.1, 0.15) is 0 Å². The van der Waals surface area contributed by atoms with E-state index in [1.807, 2.05) is 0 Å². The fourth-order valence-electron chi connectivity index (χ4n) is 3.60. The Kier molecular flexibility index (Phi) is 2.96. The van der Waals surface area contributed by atoms with Gasteiger partial charge >= 0.3 is 6.09 Å². The van der Waals surface area contributed by atoms with Crippen molar-refractivity contribution in [2.75, 3.05) is 32.7 Å². The Labute approximate surface area is 102 Å². The highest BCUT2D eigenvalue weighted by molar-refractivity contribution is 5.66. The minimum absolute atomic E-state index is 0.263. The number of nitrogens with one attached hydrogen (secondary N) is 1. The first-order valence-corrected chi connectivity index (χ1v) is 6.68. The summed E-state index contributed by atoms with van der Waals surface area (Å²) in [5, 5.41) is 12.4. The van der Waals surface area contributed by atoms with Crippen LogP contribution in [-0.2, 0) is 0 Å². The van der Waals surface area contributed by atoms with Crippen LogP contribution in [0, 0.1) is 5.92 Å². The SMILES string of the molecule is O=C(O)N1C[C@H]2C[C@@H]1CN2CC1CCNCC1. The van der Waals surface area contributed by atoms with E-state index in [4.69, 9.17) is 5.11 Å². The molecule has 2 N–H and O–H groups in total. The quantitative estimate of drug-likeness (QED) is 0.733. The van der Waals surface area contributed by atoms with Gasteiger partial charge in [-0.1, -0.05) is 0 Å². The van der Waals surface area contributed by atoms with Crippen LogP contribution in [0.25, 0.3) is 0 Å². The molecule has 2 bridgehead atoms. The van der Waals surface area contributed by atoms with Crippen molar-refractivity contribution >= 4 is 6.09 Å². The average Bonchev–Trinajstić information content (AvgIpc) is 2.89. The van der Waals surface area contributed by atoms with Crippen LogP contribution in [0.5, 0.6) is 0 Å². The Morgan fingerprint density at radius 3 is 2.59 bits per heavy atom. The standard InChI is InChI=1S/C12H21N3O2/c16-12(17)15-8-10-5-11(15)7-14(10)6-9-1-3-13-4-2-9/h9-11,13H,1-8H2,(H,16,17)/t10-,11-/m1/s1. The predicted octanol–water partition coefficient (Wildman–Crippen LogP) is 0.422. The first kappa shape index (κ1) is 11.3. The number of hydrogen-bond acceptors (Lipinski definition) is 3. The van der Waals surface area contributed by atoms with Crippen LogP contribution in [0.4, 0.5) is 4.79 Å². The molecule has 0 aromatic heterocycles. The summed E-state index contributed by atoms with van der Waals surface area (Å²) in [4.78, 5) is 15.1. The fourth-order valence-corrected chi connectivity index (χ4v) is 3.60. The van der Waals surface area contributed by atoms with Gasteiger partial charge in [0.15, 0.2) is 0 Å². The molecule has 3 heterocycles. The molecule has 5 nitrogen and oxygen atoms in total. The van der Waals surface area contributed by atoms with E-state index in [0.717, 1.165) is 38.5 Å². The van der Waals surface area contributed by atoms with Crippen molar-refractivity contribution < 1.29 is 9.90 Å². The summed E-state index contributed by atoms with van der Waals surface area (Å²) in [6.45, 7) is 5.16. The molecule has 1 amide bonds. The van der Waals surface area contributed by atoms with Gasteiger partial charge < -0.3 is 15.3 Å². The summed E-state index contributed by atoms with van der Waals surface area (Å²) in [5.41, 5.74) is 0. The lowest BCUT2D eigenvalue weighted by molar-refractivity contribution is 0.0926. The van der Waals surface area contributed by atoms with Crippen LogP contribution in [0.2, 0.25) is 0 Å². The number of rotatable bonds is 2. The largest absolute Gasteiger partial charge is 0.465 e. The van der Waals surface area contributed by atoms with E-state index in [2.05, 4.69) is 10.2 Å². The molecule has 0 saturated carbocycles. The minimum Gasteiger partial charge on any atom is -0.465 e. The van der Waals surface area contributed by atoms with E-state index in [1.54, 1.807) is 4.90 Å². The highest BCUT2D eigenvalue weighted by Crippen LogP contribution is 2.32. The maximum Gasteiger partial charge on any atom is 0.407 e. The van der Waals surface area contributed by atoms with Gasteiger partial charge in [0.2, 0.25) is 0 Å². The average molecular weight is 239 g/mol. The predicted molar refractivity (Wildman–Crippen MR) is 64.1 cm³/mol. The van der Waals surface area contributed by atoms with Crippen molar-refractivity contribution in [3.8, 4) is 0 Å². The van der Waals surface area contributed by atoms with Crippen LogP contribution in [0.1, 0.15) is 19.3 Å². The van der Waals surface area contributed by atoms with Gasteiger partial charge in [0, 0.05) is 31.7 Å². The van der Waals surface area contributed by atoms with Gasteiger partial charge in [0.05, 0.1) is 0 Å². The molecule has 3 rings (SSSR count). The van der Waals surface area contributed by atoms with E-state index >= 15 is 0 Å². The number of nitrogens with zero attached hydrogens (tertiary/aromatic N) is 2. The minimum atomic E-state index is -0.737. The number of carboxylic acid groups (broad SMARTS) is 1. The fraction of sp³-hybridized carbons (Fsp3) is 0.917. The number of fused-ring (bicyclic) bond motifs is 2.